The van der Waals surface area contributed by atoms with E-state index < -0.39 is 0 Å². The van der Waals surface area contributed by atoms with Gasteiger partial charge in [-0.25, -0.2) is 18.4 Å². The minimum Gasteiger partial charge on any atom is -0.367 e. The lowest BCUT2D eigenvalue weighted by Crippen LogP contribution is -2.49. The first-order valence-corrected chi connectivity index (χ1v) is 11.5. The Hall–Kier alpha value is -4.58. The second-order valence-corrected chi connectivity index (χ2v) is 8.43. The summed E-state index contributed by atoms with van der Waals surface area (Å²) >= 11 is 0. The highest BCUT2D eigenvalue weighted by Crippen LogP contribution is 2.24. The summed E-state index contributed by atoms with van der Waals surface area (Å²) in [4.78, 5) is 21.7. The molecule has 0 aliphatic carbocycles. The van der Waals surface area contributed by atoms with Gasteiger partial charge in [-0.3, -0.25) is 4.79 Å². The van der Waals surface area contributed by atoms with Crippen molar-refractivity contribution < 1.29 is 13.6 Å². The van der Waals surface area contributed by atoms with Gasteiger partial charge >= 0.3 is 0 Å². The first-order valence-electron chi connectivity index (χ1n) is 11.5. The predicted octanol–water partition coefficient (Wildman–Crippen LogP) is 4.11. The van der Waals surface area contributed by atoms with Gasteiger partial charge < -0.3 is 9.80 Å². The molecule has 9 heteroatoms. The molecule has 1 amide bonds. The Morgan fingerprint density at radius 3 is 2.11 bits per heavy atom. The van der Waals surface area contributed by atoms with Crippen molar-refractivity contribution >= 4 is 11.6 Å². The molecule has 0 bridgehead atoms. The Balaban J connectivity index is 1.35. The fourth-order valence-corrected chi connectivity index (χ4v) is 4.25. The number of carbonyl (C=O) groups excluding carboxylic acids is 1. The van der Waals surface area contributed by atoms with Gasteiger partial charge in [0.05, 0.1) is 11.3 Å². The van der Waals surface area contributed by atoms with E-state index in [1.54, 1.807) is 35.2 Å². The topological polar surface area (TPSA) is 78.0 Å². The molecule has 1 saturated heterocycles. The molecule has 1 aliphatic rings. The van der Waals surface area contributed by atoms with Crippen molar-refractivity contribution in [2.24, 2.45) is 0 Å². The standard InChI is InChI=1S/C27H22F2N6O/c28-22-9-5-19(6-10-22)26-31-27(20-7-11-23(29)12-8-20)35(32-26)18-25(36)34-15-13-33(14-16-34)24-4-2-1-3-21(24)17-30/h1-12H,13-16,18H2. The molecule has 1 fully saturated rings. The zero-order valence-corrected chi connectivity index (χ0v) is 19.3. The van der Waals surface area contributed by atoms with Crippen LogP contribution in [0.25, 0.3) is 22.8 Å². The smallest absolute Gasteiger partial charge is 0.244 e. The summed E-state index contributed by atoms with van der Waals surface area (Å²) in [6, 6.07) is 21.3. The molecule has 3 aromatic carbocycles. The van der Waals surface area contributed by atoms with Crippen molar-refractivity contribution in [1.29, 1.82) is 5.26 Å². The molecule has 1 aliphatic heterocycles. The van der Waals surface area contributed by atoms with E-state index in [1.165, 1.54) is 28.9 Å². The largest absolute Gasteiger partial charge is 0.367 e. The fourth-order valence-electron chi connectivity index (χ4n) is 4.25. The number of amides is 1. The van der Waals surface area contributed by atoms with E-state index in [9.17, 15) is 18.8 Å². The molecule has 36 heavy (non-hydrogen) atoms. The lowest BCUT2D eigenvalue weighted by atomic mass is 10.1. The minimum atomic E-state index is -0.379. The van der Waals surface area contributed by atoms with Crippen LogP contribution in [0.4, 0.5) is 14.5 Å². The summed E-state index contributed by atoms with van der Waals surface area (Å²) < 4.78 is 28.4. The highest BCUT2D eigenvalue weighted by Gasteiger charge is 2.24. The van der Waals surface area contributed by atoms with Gasteiger partial charge in [0.2, 0.25) is 5.91 Å². The van der Waals surface area contributed by atoms with Gasteiger partial charge in [0.15, 0.2) is 11.6 Å². The van der Waals surface area contributed by atoms with Gasteiger partial charge in [-0.15, -0.1) is 5.10 Å². The molecule has 0 atom stereocenters. The number of nitrogens with zero attached hydrogens (tertiary/aromatic N) is 6. The molecule has 7 nitrogen and oxygen atoms in total. The molecule has 0 radical (unpaired) electrons. The highest BCUT2D eigenvalue weighted by atomic mass is 19.1. The van der Waals surface area contributed by atoms with Crippen LogP contribution in [0.2, 0.25) is 0 Å². The van der Waals surface area contributed by atoms with Crippen molar-refractivity contribution in [1.82, 2.24) is 19.7 Å². The van der Waals surface area contributed by atoms with Gasteiger partial charge in [0.25, 0.3) is 0 Å². The second kappa shape index (κ2) is 9.96. The van der Waals surface area contributed by atoms with Crippen LogP contribution in [0.1, 0.15) is 5.56 Å². The molecular formula is C27H22F2N6O. The lowest BCUT2D eigenvalue weighted by Gasteiger charge is -2.36. The number of aromatic nitrogens is 3. The normalized spacial score (nSPS) is 13.5. The minimum absolute atomic E-state index is 0.0459. The number of benzene rings is 3. The Kier molecular flexibility index (Phi) is 6.41. The summed E-state index contributed by atoms with van der Waals surface area (Å²) in [5.74, 6) is -0.106. The maximum atomic E-state index is 13.5. The van der Waals surface area contributed by atoms with Crippen LogP contribution in [0, 0.1) is 23.0 Å². The van der Waals surface area contributed by atoms with E-state index in [2.05, 4.69) is 21.1 Å². The quantitative estimate of drug-likeness (QED) is 0.426. The summed E-state index contributed by atoms with van der Waals surface area (Å²) in [6.45, 7) is 2.17. The number of nitriles is 1. The van der Waals surface area contributed by atoms with Gasteiger partial charge in [0.1, 0.15) is 24.2 Å². The molecule has 1 aromatic heterocycles. The molecule has 0 N–H and O–H groups in total. The number of carbonyl (C=O) groups is 1. The third-order valence-electron chi connectivity index (χ3n) is 6.16. The Morgan fingerprint density at radius 1 is 0.861 bits per heavy atom. The SMILES string of the molecule is N#Cc1ccccc1N1CCN(C(=O)Cn2nc(-c3ccc(F)cc3)nc2-c2ccc(F)cc2)CC1. The number of para-hydroxylation sites is 1. The third kappa shape index (κ3) is 4.79. The summed E-state index contributed by atoms with van der Waals surface area (Å²) in [7, 11) is 0. The van der Waals surface area contributed by atoms with Crippen LogP contribution >= 0.6 is 0 Å². The van der Waals surface area contributed by atoms with Crippen LogP contribution in [0.3, 0.4) is 0 Å². The van der Waals surface area contributed by atoms with E-state index in [0.29, 0.717) is 54.5 Å². The van der Waals surface area contributed by atoms with Gasteiger partial charge in [-0.2, -0.15) is 5.26 Å². The van der Waals surface area contributed by atoms with E-state index in [1.807, 2.05) is 18.2 Å². The number of hydrogen-bond donors (Lipinski definition) is 0. The van der Waals surface area contributed by atoms with E-state index >= 15 is 0 Å². The first kappa shape index (κ1) is 23.2. The van der Waals surface area contributed by atoms with E-state index in [0.717, 1.165) is 5.69 Å². The Morgan fingerprint density at radius 2 is 1.47 bits per heavy atom. The van der Waals surface area contributed by atoms with Gasteiger partial charge in [-0.1, -0.05) is 12.1 Å². The second-order valence-electron chi connectivity index (χ2n) is 8.43. The molecule has 180 valence electrons. The molecule has 0 unspecified atom stereocenters. The van der Waals surface area contributed by atoms with Crippen LogP contribution in [0.15, 0.2) is 72.8 Å². The summed E-state index contributed by atoms with van der Waals surface area (Å²) in [5, 5.41) is 13.9. The molecule has 0 saturated carbocycles. The fraction of sp³-hybridized carbons (Fsp3) is 0.185. The zero-order chi connectivity index (χ0) is 25.1. The molecule has 5 rings (SSSR count). The lowest BCUT2D eigenvalue weighted by molar-refractivity contribution is -0.132. The number of anilines is 1. The van der Waals surface area contributed by atoms with Crippen molar-refractivity contribution in [3.8, 4) is 28.8 Å². The first-order chi connectivity index (χ1) is 17.5. The van der Waals surface area contributed by atoms with E-state index in [4.69, 9.17) is 0 Å². The molecular weight excluding hydrogens is 462 g/mol. The molecule has 2 heterocycles. The van der Waals surface area contributed by atoms with Gasteiger partial charge in [0, 0.05) is 37.3 Å². The monoisotopic (exact) mass is 484 g/mol. The van der Waals surface area contributed by atoms with Crippen molar-refractivity contribution in [3.63, 3.8) is 0 Å². The van der Waals surface area contributed by atoms with Crippen LogP contribution in [-0.4, -0.2) is 51.8 Å². The van der Waals surface area contributed by atoms with Crippen molar-refractivity contribution in [3.05, 3.63) is 90.0 Å². The van der Waals surface area contributed by atoms with Crippen molar-refractivity contribution in [2.75, 3.05) is 31.1 Å². The summed E-state index contributed by atoms with van der Waals surface area (Å²) in [6.07, 6.45) is 0. The van der Waals surface area contributed by atoms with E-state index in [-0.39, 0.29) is 24.1 Å². The number of hydrogen-bond acceptors (Lipinski definition) is 5. The zero-order valence-electron chi connectivity index (χ0n) is 19.3. The van der Waals surface area contributed by atoms with Crippen LogP contribution in [0.5, 0.6) is 0 Å². The van der Waals surface area contributed by atoms with Gasteiger partial charge in [-0.05, 0) is 60.7 Å². The molecule has 4 aromatic rings. The number of halogens is 2. The highest BCUT2D eigenvalue weighted by molar-refractivity contribution is 5.77. The maximum absolute atomic E-state index is 13.5. The number of piperazine rings is 1. The average Bonchev–Trinajstić information content (AvgIpc) is 3.33. The Bertz CT molecular complexity index is 1420. The van der Waals surface area contributed by atoms with Crippen LogP contribution < -0.4 is 4.90 Å². The van der Waals surface area contributed by atoms with Crippen molar-refractivity contribution in [2.45, 2.75) is 6.54 Å². The van der Waals surface area contributed by atoms with Crippen LogP contribution in [-0.2, 0) is 11.3 Å². The predicted molar refractivity (Wildman–Crippen MR) is 131 cm³/mol. The number of rotatable bonds is 5. The Labute approximate surface area is 206 Å². The third-order valence-corrected chi connectivity index (χ3v) is 6.16. The molecule has 0 spiro atoms. The average molecular weight is 485 g/mol. The maximum Gasteiger partial charge on any atom is 0.244 e. The summed E-state index contributed by atoms with van der Waals surface area (Å²) in [5.41, 5.74) is 2.70.